The molecule has 1 saturated heterocycles. The average molecular weight is 259 g/mol. The molecular weight excluding hydrogens is 238 g/mol. The highest BCUT2D eigenvalue weighted by molar-refractivity contribution is 5.81. The molecule has 1 heterocycles. The van der Waals surface area contributed by atoms with Crippen molar-refractivity contribution in [1.82, 2.24) is 4.90 Å². The third-order valence-electron chi connectivity index (χ3n) is 4.69. The highest BCUT2D eigenvalue weighted by atomic mass is 16.4. The van der Waals surface area contributed by atoms with Gasteiger partial charge in [0.1, 0.15) is 0 Å². The van der Waals surface area contributed by atoms with E-state index in [0.717, 1.165) is 43.1 Å². The molecule has 19 heavy (non-hydrogen) atoms. The lowest BCUT2D eigenvalue weighted by Gasteiger charge is -2.39. The van der Waals surface area contributed by atoms with Gasteiger partial charge in [-0.2, -0.15) is 0 Å². The Balaban J connectivity index is 1.86. The van der Waals surface area contributed by atoms with Gasteiger partial charge in [0.25, 0.3) is 0 Å². The van der Waals surface area contributed by atoms with E-state index in [1.54, 1.807) is 0 Å². The summed E-state index contributed by atoms with van der Waals surface area (Å²) < 4.78 is 0. The third-order valence-corrected chi connectivity index (χ3v) is 4.69. The van der Waals surface area contributed by atoms with E-state index in [-0.39, 0.29) is 0 Å². The minimum absolute atomic E-state index is 0.659. The zero-order valence-corrected chi connectivity index (χ0v) is 11.4. The fourth-order valence-corrected chi connectivity index (χ4v) is 3.28. The zero-order valence-electron chi connectivity index (χ0n) is 11.4. The Morgan fingerprint density at radius 3 is 2.53 bits per heavy atom. The van der Waals surface area contributed by atoms with Crippen LogP contribution in [0.15, 0.2) is 24.3 Å². The number of hydrogen-bond acceptors (Lipinski definition) is 2. The fourth-order valence-electron chi connectivity index (χ4n) is 3.28. The molecule has 2 aliphatic rings. The van der Waals surface area contributed by atoms with Gasteiger partial charge < -0.3 is 10.0 Å². The van der Waals surface area contributed by atoms with Crippen molar-refractivity contribution < 1.29 is 9.90 Å². The first-order valence-electron chi connectivity index (χ1n) is 7.16. The summed E-state index contributed by atoms with van der Waals surface area (Å²) in [4.78, 5) is 14.3. The molecule has 0 bridgehead atoms. The molecule has 0 spiro atoms. The van der Waals surface area contributed by atoms with Gasteiger partial charge in [-0.25, -0.2) is 0 Å². The molecule has 1 N–H and O–H groups in total. The summed E-state index contributed by atoms with van der Waals surface area (Å²) >= 11 is 0. The summed E-state index contributed by atoms with van der Waals surface area (Å²) in [5.74, 6) is -0.659. The maximum atomic E-state index is 11.9. The summed E-state index contributed by atoms with van der Waals surface area (Å²) in [7, 11) is 0. The first-order chi connectivity index (χ1) is 9.12. The molecule has 3 rings (SSSR count). The number of piperidine rings is 1. The highest BCUT2D eigenvalue weighted by Crippen LogP contribution is 2.39. The number of carboxylic acid groups (broad SMARTS) is 1. The number of aliphatic carboxylic acids is 1. The van der Waals surface area contributed by atoms with Crippen LogP contribution in [0.5, 0.6) is 0 Å². The summed E-state index contributed by atoms with van der Waals surface area (Å²) in [6, 6.07) is 8.76. The van der Waals surface area contributed by atoms with Gasteiger partial charge in [0.05, 0.1) is 5.41 Å². The van der Waals surface area contributed by atoms with Crippen molar-refractivity contribution in [2.75, 3.05) is 13.1 Å². The molecule has 1 aromatic carbocycles. The van der Waals surface area contributed by atoms with Crippen LogP contribution in [-0.2, 0) is 10.2 Å². The Bertz CT molecular complexity index is 485. The van der Waals surface area contributed by atoms with Gasteiger partial charge in [-0.15, -0.1) is 0 Å². The molecule has 102 valence electrons. The van der Waals surface area contributed by atoms with Crippen molar-refractivity contribution >= 4 is 5.97 Å². The van der Waals surface area contributed by atoms with Crippen molar-refractivity contribution in [1.29, 1.82) is 0 Å². The molecule has 3 nitrogen and oxygen atoms in total. The monoisotopic (exact) mass is 259 g/mol. The van der Waals surface area contributed by atoms with Gasteiger partial charge in [0.2, 0.25) is 0 Å². The minimum atomic E-state index is -0.669. The molecule has 3 heteroatoms. The second-order valence-corrected chi connectivity index (χ2v) is 6.02. The summed E-state index contributed by atoms with van der Waals surface area (Å²) in [6.07, 6.45) is 4.07. The molecule has 1 aliphatic carbocycles. The average Bonchev–Trinajstić information content (AvgIpc) is 3.23. The SMILES string of the molecule is Cc1cccc(C2(C(=O)O)CCN(C3CC3)CC2)c1. The van der Waals surface area contributed by atoms with E-state index >= 15 is 0 Å². The van der Waals surface area contributed by atoms with Gasteiger partial charge in [0, 0.05) is 6.04 Å². The van der Waals surface area contributed by atoms with E-state index < -0.39 is 11.4 Å². The predicted molar refractivity (Wildman–Crippen MR) is 74.3 cm³/mol. The Hall–Kier alpha value is -1.35. The van der Waals surface area contributed by atoms with Gasteiger partial charge >= 0.3 is 5.97 Å². The lowest BCUT2D eigenvalue weighted by atomic mass is 9.72. The van der Waals surface area contributed by atoms with Crippen LogP contribution in [0.2, 0.25) is 0 Å². The van der Waals surface area contributed by atoms with Crippen molar-refractivity contribution in [3.63, 3.8) is 0 Å². The van der Waals surface area contributed by atoms with E-state index in [1.165, 1.54) is 12.8 Å². The van der Waals surface area contributed by atoms with Crippen LogP contribution >= 0.6 is 0 Å². The Kier molecular flexibility index (Phi) is 3.09. The molecule has 0 unspecified atom stereocenters. The van der Waals surface area contributed by atoms with E-state index in [4.69, 9.17) is 0 Å². The number of aryl methyl sites for hydroxylation is 1. The van der Waals surface area contributed by atoms with E-state index in [2.05, 4.69) is 4.90 Å². The maximum Gasteiger partial charge on any atom is 0.314 e. The number of likely N-dealkylation sites (tertiary alicyclic amines) is 1. The lowest BCUT2D eigenvalue weighted by Crippen LogP contribution is -2.47. The van der Waals surface area contributed by atoms with Crippen LogP contribution in [0.1, 0.15) is 36.8 Å². The Labute approximate surface area is 114 Å². The van der Waals surface area contributed by atoms with Gasteiger partial charge in [-0.1, -0.05) is 29.8 Å². The number of nitrogens with zero attached hydrogens (tertiary/aromatic N) is 1. The summed E-state index contributed by atoms with van der Waals surface area (Å²) in [6.45, 7) is 3.87. The molecule has 1 saturated carbocycles. The molecule has 0 aromatic heterocycles. The molecule has 0 amide bonds. The van der Waals surface area contributed by atoms with Crippen LogP contribution in [0.4, 0.5) is 0 Å². The summed E-state index contributed by atoms with van der Waals surface area (Å²) in [5, 5.41) is 9.76. The maximum absolute atomic E-state index is 11.9. The largest absolute Gasteiger partial charge is 0.481 e. The van der Waals surface area contributed by atoms with Crippen molar-refractivity contribution in [2.24, 2.45) is 0 Å². The Morgan fingerprint density at radius 1 is 1.32 bits per heavy atom. The molecule has 0 radical (unpaired) electrons. The first-order valence-corrected chi connectivity index (χ1v) is 7.16. The quantitative estimate of drug-likeness (QED) is 0.907. The van der Waals surface area contributed by atoms with Gasteiger partial charge in [-0.05, 0) is 51.3 Å². The second-order valence-electron chi connectivity index (χ2n) is 6.02. The van der Waals surface area contributed by atoms with Gasteiger partial charge in [-0.3, -0.25) is 4.79 Å². The van der Waals surface area contributed by atoms with Crippen LogP contribution in [0.3, 0.4) is 0 Å². The van der Waals surface area contributed by atoms with Crippen LogP contribution < -0.4 is 0 Å². The van der Waals surface area contributed by atoms with Crippen molar-refractivity contribution in [3.05, 3.63) is 35.4 Å². The van der Waals surface area contributed by atoms with Crippen LogP contribution in [0, 0.1) is 6.92 Å². The van der Waals surface area contributed by atoms with E-state index in [0.29, 0.717) is 0 Å². The molecule has 0 atom stereocenters. The van der Waals surface area contributed by atoms with E-state index in [9.17, 15) is 9.90 Å². The normalized spacial score (nSPS) is 23.2. The number of carbonyl (C=O) groups is 1. The third kappa shape index (κ3) is 2.27. The fraction of sp³-hybridized carbons (Fsp3) is 0.562. The van der Waals surface area contributed by atoms with E-state index in [1.807, 2.05) is 31.2 Å². The lowest BCUT2D eigenvalue weighted by molar-refractivity contribution is -0.146. The van der Waals surface area contributed by atoms with Gasteiger partial charge in [0.15, 0.2) is 0 Å². The van der Waals surface area contributed by atoms with Crippen molar-refractivity contribution in [3.8, 4) is 0 Å². The minimum Gasteiger partial charge on any atom is -0.481 e. The molecule has 1 aliphatic heterocycles. The van der Waals surface area contributed by atoms with Crippen LogP contribution in [-0.4, -0.2) is 35.1 Å². The standard InChI is InChI=1S/C16H21NO2/c1-12-3-2-4-13(11-12)16(15(18)19)7-9-17(10-8-16)14-5-6-14/h2-4,11,14H,5-10H2,1H3,(H,18,19). The number of benzene rings is 1. The smallest absolute Gasteiger partial charge is 0.314 e. The molecule has 2 fully saturated rings. The predicted octanol–water partition coefficient (Wildman–Crippen LogP) is 2.58. The zero-order chi connectivity index (χ0) is 13.5. The number of rotatable bonds is 3. The Morgan fingerprint density at radius 2 is 2.00 bits per heavy atom. The topological polar surface area (TPSA) is 40.5 Å². The summed E-state index contributed by atoms with van der Waals surface area (Å²) in [5.41, 5.74) is 1.45. The number of carboxylic acids is 1. The highest BCUT2D eigenvalue weighted by Gasteiger charge is 2.45. The molecule has 1 aromatic rings. The second kappa shape index (κ2) is 4.64. The first kappa shape index (κ1) is 12.7. The number of hydrogen-bond donors (Lipinski definition) is 1. The molecular formula is C16H21NO2. The van der Waals surface area contributed by atoms with Crippen molar-refractivity contribution in [2.45, 2.75) is 44.1 Å². The van der Waals surface area contributed by atoms with Crippen LogP contribution in [0.25, 0.3) is 0 Å².